The Morgan fingerprint density at radius 3 is 2.31 bits per heavy atom. The quantitative estimate of drug-likeness (QED) is 0.469. The molecule has 0 atom stereocenters. The largest absolute Gasteiger partial charge is 0.417 e. The third kappa shape index (κ3) is 2.42. The van der Waals surface area contributed by atoms with Gasteiger partial charge in [-0.1, -0.05) is 0 Å². The molecule has 0 saturated heterocycles. The first-order valence-corrected chi connectivity index (χ1v) is 5.22. The molecule has 0 aliphatic carbocycles. The van der Waals surface area contributed by atoms with Crippen LogP contribution in [0.1, 0.15) is 33.2 Å². The summed E-state index contributed by atoms with van der Waals surface area (Å²) in [6, 6.07) is 1.81. The van der Waals surface area contributed by atoms with Crippen molar-refractivity contribution >= 4 is 34.7 Å². The number of alkyl halides is 3. The lowest BCUT2D eigenvalue weighted by atomic mass is 10.0. The maximum atomic E-state index is 12.6. The van der Waals surface area contributed by atoms with E-state index >= 15 is 0 Å². The van der Waals surface area contributed by atoms with Crippen molar-refractivity contribution in [3.8, 4) is 0 Å². The summed E-state index contributed by atoms with van der Waals surface area (Å²) in [5.41, 5.74) is -1.37. The molecule has 6 heteroatoms. The maximum Gasteiger partial charge on any atom is 0.417 e. The van der Waals surface area contributed by atoms with Crippen molar-refractivity contribution in [2.45, 2.75) is 13.1 Å². The fraction of sp³-hybridized carbons (Fsp3) is 0.200. The van der Waals surface area contributed by atoms with E-state index in [1.807, 2.05) is 0 Å². The summed E-state index contributed by atoms with van der Waals surface area (Å²) in [6.45, 7) is 1.04. The van der Waals surface area contributed by atoms with E-state index in [0.29, 0.717) is 6.29 Å². The van der Waals surface area contributed by atoms with Crippen molar-refractivity contribution in [2.24, 2.45) is 0 Å². The molecular formula is C10H6F3IO2. The second-order valence-electron chi connectivity index (χ2n) is 3.06. The molecule has 0 heterocycles. The lowest BCUT2D eigenvalue weighted by Gasteiger charge is -2.13. The summed E-state index contributed by atoms with van der Waals surface area (Å²) in [5, 5.41) is 0. The summed E-state index contributed by atoms with van der Waals surface area (Å²) < 4.78 is 37.8. The van der Waals surface area contributed by atoms with Gasteiger partial charge in [0, 0.05) is 14.7 Å². The van der Waals surface area contributed by atoms with Gasteiger partial charge in [0.2, 0.25) is 0 Å². The van der Waals surface area contributed by atoms with Crippen LogP contribution in [-0.2, 0) is 6.18 Å². The van der Waals surface area contributed by atoms with Crippen LogP contribution in [0.3, 0.4) is 0 Å². The zero-order valence-corrected chi connectivity index (χ0v) is 10.2. The number of carbonyl (C=O) groups excluding carboxylic acids is 2. The van der Waals surface area contributed by atoms with Gasteiger partial charge in [0.05, 0.1) is 5.56 Å². The van der Waals surface area contributed by atoms with Gasteiger partial charge in [-0.3, -0.25) is 9.59 Å². The zero-order chi connectivity index (χ0) is 12.5. The van der Waals surface area contributed by atoms with Crippen LogP contribution in [-0.4, -0.2) is 12.1 Å². The number of halogens is 4. The van der Waals surface area contributed by atoms with Crippen molar-refractivity contribution in [2.75, 3.05) is 0 Å². The van der Waals surface area contributed by atoms with Crippen LogP contribution in [0.5, 0.6) is 0 Å². The first-order valence-electron chi connectivity index (χ1n) is 4.15. The molecule has 0 bridgehead atoms. The molecule has 0 spiro atoms. The monoisotopic (exact) mass is 342 g/mol. The van der Waals surface area contributed by atoms with Crippen LogP contribution in [0.25, 0.3) is 0 Å². The molecule has 86 valence electrons. The average molecular weight is 342 g/mol. The highest BCUT2D eigenvalue weighted by atomic mass is 127. The average Bonchev–Trinajstić information content (AvgIpc) is 2.15. The zero-order valence-electron chi connectivity index (χ0n) is 8.06. The number of aldehydes is 1. The third-order valence-corrected chi connectivity index (χ3v) is 3.12. The highest BCUT2D eigenvalue weighted by Gasteiger charge is 2.35. The maximum absolute atomic E-state index is 12.6. The van der Waals surface area contributed by atoms with Crippen LogP contribution in [0.2, 0.25) is 0 Å². The highest BCUT2D eigenvalue weighted by Crippen LogP contribution is 2.35. The van der Waals surface area contributed by atoms with E-state index in [9.17, 15) is 22.8 Å². The second kappa shape index (κ2) is 4.52. The summed E-state index contributed by atoms with van der Waals surface area (Å²) in [4.78, 5) is 21.7. The van der Waals surface area contributed by atoms with Crippen LogP contribution in [0, 0.1) is 3.57 Å². The van der Waals surface area contributed by atoms with E-state index in [0.717, 1.165) is 19.1 Å². The molecule has 1 rings (SSSR count). The number of ketones is 1. The molecule has 0 aliphatic rings. The van der Waals surface area contributed by atoms with Crippen molar-refractivity contribution in [3.05, 3.63) is 32.4 Å². The number of benzene rings is 1. The summed E-state index contributed by atoms with van der Waals surface area (Å²) in [5.74, 6) is -0.708. The fourth-order valence-electron chi connectivity index (χ4n) is 1.26. The Kier molecular flexibility index (Phi) is 3.72. The molecule has 2 nitrogen and oxygen atoms in total. The Hall–Kier alpha value is -0.920. The van der Waals surface area contributed by atoms with Crippen molar-refractivity contribution in [1.29, 1.82) is 0 Å². The topological polar surface area (TPSA) is 34.1 Å². The third-order valence-electron chi connectivity index (χ3n) is 1.96. The predicted molar refractivity (Wildman–Crippen MR) is 59.6 cm³/mol. The Bertz CT molecular complexity index is 452. The first-order chi connectivity index (χ1) is 7.29. The standard InChI is InChI=1S/C10H6F3IO2/c1-5(16)8-7(10(11,12)13)3-2-6(4-15)9(8)14/h2-4H,1H3. The normalized spacial score (nSPS) is 11.3. The van der Waals surface area contributed by atoms with Crippen LogP contribution in [0.4, 0.5) is 13.2 Å². The van der Waals surface area contributed by atoms with Crippen LogP contribution < -0.4 is 0 Å². The Morgan fingerprint density at radius 2 is 1.94 bits per heavy atom. The summed E-state index contributed by atoms with van der Waals surface area (Å²) >= 11 is 1.57. The lowest BCUT2D eigenvalue weighted by Crippen LogP contribution is -2.14. The molecule has 0 fully saturated rings. The van der Waals surface area contributed by atoms with E-state index in [4.69, 9.17) is 0 Å². The van der Waals surface area contributed by atoms with E-state index in [-0.39, 0.29) is 9.13 Å². The molecular weight excluding hydrogens is 336 g/mol. The van der Waals surface area contributed by atoms with E-state index in [2.05, 4.69) is 0 Å². The van der Waals surface area contributed by atoms with E-state index < -0.39 is 23.1 Å². The van der Waals surface area contributed by atoms with E-state index in [1.165, 1.54) is 0 Å². The Labute approximate surface area is 103 Å². The van der Waals surface area contributed by atoms with Crippen molar-refractivity contribution in [1.82, 2.24) is 0 Å². The first kappa shape index (κ1) is 13.1. The minimum absolute atomic E-state index is 0.0370. The molecule has 16 heavy (non-hydrogen) atoms. The van der Waals surface area contributed by atoms with Gasteiger partial charge >= 0.3 is 6.18 Å². The van der Waals surface area contributed by atoms with Crippen molar-refractivity contribution < 1.29 is 22.8 Å². The SMILES string of the molecule is CC(=O)c1c(C(F)(F)F)ccc(C=O)c1I. The summed E-state index contributed by atoms with van der Waals surface area (Å²) in [6.07, 6.45) is -4.17. The predicted octanol–water partition coefficient (Wildman–Crippen LogP) is 3.33. The van der Waals surface area contributed by atoms with Gasteiger partial charge in [-0.05, 0) is 41.6 Å². The lowest BCUT2D eigenvalue weighted by molar-refractivity contribution is -0.138. The minimum Gasteiger partial charge on any atom is -0.298 e. The number of hydrogen-bond donors (Lipinski definition) is 0. The fourth-order valence-corrected chi connectivity index (χ4v) is 2.24. The molecule has 1 aromatic rings. The Balaban J connectivity index is 3.60. The molecule has 0 amide bonds. The number of hydrogen-bond acceptors (Lipinski definition) is 2. The van der Waals surface area contributed by atoms with Crippen LogP contribution >= 0.6 is 22.6 Å². The molecule has 0 radical (unpaired) electrons. The number of Topliss-reactive ketones (excluding diaryl/α,β-unsaturated/α-hetero) is 1. The van der Waals surface area contributed by atoms with E-state index in [1.54, 1.807) is 22.6 Å². The molecule has 0 unspecified atom stereocenters. The van der Waals surface area contributed by atoms with Crippen LogP contribution in [0.15, 0.2) is 12.1 Å². The van der Waals surface area contributed by atoms with Gasteiger partial charge < -0.3 is 0 Å². The second-order valence-corrected chi connectivity index (χ2v) is 4.14. The van der Waals surface area contributed by atoms with Gasteiger partial charge in [0.15, 0.2) is 12.1 Å². The molecule has 0 aliphatic heterocycles. The summed E-state index contributed by atoms with van der Waals surface area (Å²) in [7, 11) is 0. The smallest absolute Gasteiger partial charge is 0.298 e. The Morgan fingerprint density at radius 1 is 1.38 bits per heavy atom. The number of rotatable bonds is 2. The van der Waals surface area contributed by atoms with Gasteiger partial charge in [-0.2, -0.15) is 13.2 Å². The van der Waals surface area contributed by atoms with Crippen molar-refractivity contribution in [3.63, 3.8) is 0 Å². The molecule has 0 saturated carbocycles. The highest BCUT2D eigenvalue weighted by molar-refractivity contribution is 14.1. The number of carbonyl (C=O) groups is 2. The van der Waals surface area contributed by atoms with Gasteiger partial charge in [0.25, 0.3) is 0 Å². The van der Waals surface area contributed by atoms with Gasteiger partial charge in [-0.15, -0.1) is 0 Å². The minimum atomic E-state index is -4.59. The molecule has 1 aromatic carbocycles. The molecule has 0 N–H and O–H groups in total. The molecule has 0 aromatic heterocycles. The van der Waals surface area contributed by atoms with Gasteiger partial charge in [0.1, 0.15) is 0 Å². The van der Waals surface area contributed by atoms with Gasteiger partial charge in [-0.25, -0.2) is 0 Å².